The summed E-state index contributed by atoms with van der Waals surface area (Å²) in [5.74, 6) is -0.354. The largest absolute Gasteiger partial charge is 0.275 e. The molecule has 0 saturated heterocycles. The molecule has 0 aliphatic heterocycles. The van der Waals surface area contributed by atoms with E-state index < -0.39 is 5.31 Å². The Balaban J connectivity index is 4.30. The van der Waals surface area contributed by atoms with Gasteiger partial charge < -0.3 is 0 Å². The number of hydroxylamine groups is 2. The topological polar surface area (TPSA) is 29.5 Å². The van der Waals surface area contributed by atoms with Crippen LogP contribution >= 0.6 is 0 Å². The van der Waals surface area contributed by atoms with Gasteiger partial charge in [-0.1, -0.05) is 26.1 Å². The van der Waals surface area contributed by atoms with Crippen molar-refractivity contribution in [3.05, 3.63) is 0 Å². The highest BCUT2D eigenvalue weighted by Gasteiger charge is 2.28. The number of carbonyl (C=O) groups excluding carboxylic acids is 1. The zero-order valence-corrected chi connectivity index (χ0v) is 8.42. The zero-order chi connectivity index (χ0) is 9.94. The lowest BCUT2D eigenvalue weighted by Gasteiger charge is -2.29. The lowest BCUT2D eigenvalue weighted by Crippen LogP contribution is -2.35. The SMILES string of the molecule is [B]C(C)(C)C(C)C(=O)N(C)OC. The first-order chi connectivity index (χ1) is 5.30. The van der Waals surface area contributed by atoms with E-state index >= 15 is 0 Å². The number of amides is 1. The van der Waals surface area contributed by atoms with Gasteiger partial charge in [0.15, 0.2) is 0 Å². The van der Waals surface area contributed by atoms with Gasteiger partial charge in [0.2, 0.25) is 5.91 Å². The second-order valence-corrected chi connectivity index (χ2v) is 3.56. The third kappa shape index (κ3) is 2.85. The first kappa shape index (κ1) is 11.5. The van der Waals surface area contributed by atoms with Crippen molar-refractivity contribution < 1.29 is 9.63 Å². The molecular formula is C8H16BNO2. The Morgan fingerprint density at radius 1 is 1.58 bits per heavy atom. The zero-order valence-electron chi connectivity index (χ0n) is 8.42. The Hall–Kier alpha value is -0.505. The minimum atomic E-state index is -0.510. The van der Waals surface area contributed by atoms with Crippen molar-refractivity contribution in [2.24, 2.45) is 5.92 Å². The van der Waals surface area contributed by atoms with E-state index in [1.807, 2.05) is 13.8 Å². The van der Waals surface area contributed by atoms with E-state index in [-0.39, 0.29) is 11.8 Å². The van der Waals surface area contributed by atoms with E-state index in [1.165, 1.54) is 12.2 Å². The second-order valence-electron chi connectivity index (χ2n) is 3.56. The fourth-order valence-electron chi connectivity index (χ4n) is 0.681. The smallest absolute Gasteiger partial charge is 0.248 e. The Labute approximate surface area is 75.4 Å². The molecule has 0 aromatic rings. The van der Waals surface area contributed by atoms with Gasteiger partial charge in [0.05, 0.1) is 15.0 Å². The van der Waals surface area contributed by atoms with E-state index in [2.05, 4.69) is 0 Å². The number of hydrogen-bond acceptors (Lipinski definition) is 2. The van der Waals surface area contributed by atoms with Crippen LogP contribution in [-0.4, -0.2) is 33.0 Å². The minimum Gasteiger partial charge on any atom is -0.275 e. The van der Waals surface area contributed by atoms with Crippen molar-refractivity contribution in [3.8, 4) is 0 Å². The third-order valence-corrected chi connectivity index (χ3v) is 2.07. The molecule has 1 unspecified atom stereocenters. The summed E-state index contributed by atoms with van der Waals surface area (Å²) in [6, 6.07) is 0. The summed E-state index contributed by atoms with van der Waals surface area (Å²) in [6.07, 6.45) is 0. The molecule has 68 valence electrons. The fraction of sp³-hybridized carbons (Fsp3) is 0.875. The Morgan fingerprint density at radius 2 is 2.00 bits per heavy atom. The highest BCUT2D eigenvalue weighted by molar-refractivity contribution is 6.16. The predicted octanol–water partition coefficient (Wildman–Crippen LogP) is 1.01. The van der Waals surface area contributed by atoms with Crippen molar-refractivity contribution >= 4 is 13.8 Å². The molecule has 0 aliphatic rings. The maximum atomic E-state index is 11.4. The van der Waals surface area contributed by atoms with E-state index in [0.717, 1.165) is 0 Å². The first-order valence-electron chi connectivity index (χ1n) is 3.91. The molecule has 0 fully saturated rings. The molecule has 1 atom stereocenters. The van der Waals surface area contributed by atoms with Gasteiger partial charge in [-0.2, -0.15) is 0 Å². The minimum absolute atomic E-state index is 0.106. The van der Waals surface area contributed by atoms with Gasteiger partial charge in [-0.15, -0.1) is 0 Å². The summed E-state index contributed by atoms with van der Waals surface area (Å²) in [7, 11) is 8.80. The number of rotatable bonds is 3. The van der Waals surface area contributed by atoms with Crippen molar-refractivity contribution in [2.45, 2.75) is 26.1 Å². The summed E-state index contributed by atoms with van der Waals surface area (Å²) in [4.78, 5) is 16.2. The maximum Gasteiger partial charge on any atom is 0.248 e. The van der Waals surface area contributed by atoms with Crippen LogP contribution in [0.25, 0.3) is 0 Å². The molecule has 12 heavy (non-hydrogen) atoms. The van der Waals surface area contributed by atoms with Crippen LogP contribution in [0.5, 0.6) is 0 Å². The van der Waals surface area contributed by atoms with E-state index in [9.17, 15) is 4.79 Å². The first-order valence-corrected chi connectivity index (χ1v) is 3.91. The van der Waals surface area contributed by atoms with Gasteiger partial charge in [0, 0.05) is 13.0 Å². The van der Waals surface area contributed by atoms with Gasteiger partial charge in [0.25, 0.3) is 0 Å². The number of nitrogens with zero attached hydrogens (tertiary/aromatic N) is 1. The Kier molecular flexibility index (Phi) is 3.77. The number of carbonyl (C=O) groups is 1. The van der Waals surface area contributed by atoms with Crippen LogP contribution in [0.15, 0.2) is 0 Å². The van der Waals surface area contributed by atoms with E-state index in [4.69, 9.17) is 12.7 Å². The van der Waals surface area contributed by atoms with Gasteiger partial charge in [0.1, 0.15) is 0 Å². The van der Waals surface area contributed by atoms with Crippen LogP contribution in [0.1, 0.15) is 20.8 Å². The van der Waals surface area contributed by atoms with Gasteiger partial charge in [-0.3, -0.25) is 9.63 Å². The van der Waals surface area contributed by atoms with Crippen LogP contribution < -0.4 is 0 Å². The molecular weight excluding hydrogens is 153 g/mol. The second kappa shape index (κ2) is 3.94. The normalized spacial score (nSPS) is 14.1. The molecule has 2 radical (unpaired) electrons. The van der Waals surface area contributed by atoms with Gasteiger partial charge >= 0.3 is 0 Å². The van der Waals surface area contributed by atoms with Gasteiger partial charge in [-0.05, 0) is 0 Å². The monoisotopic (exact) mass is 169 g/mol. The van der Waals surface area contributed by atoms with Crippen LogP contribution in [0, 0.1) is 5.92 Å². The molecule has 0 heterocycles. The molecule has 0 saturated carbocycles. The molecule has 0 aromatic heterocycles. The molecule has 4 heteroatoms. The summed E-state index contributed by atoms with van der Waals surface area (Å²) in [5.41, 5.74) is 0. The Bertz CT molecular complexity index is 165. The average Bonchev–Trinajstić information content (AvgIpc) is 1.98. The van der Waals surface area contributed by atoms with Crippen molar-refractivity contribution in [3.63, 3.8) is 0 Å². The molecule has 0 spiro atoms. The van der Waals surface area contributed by atoms with Crippen molar-refractivity contribution in [1.29, 1.82) is 0 Å². The molecule has 0 rings (SSSR count). The van der Waals surface area contributed by atoms with E-state index in [0.29, 0.717) is 0 Å². The Morgan fingerprint density at radius 3 is 2.25 bits per heavy atom. The molecule has 0 bridgehead atoms. The molecule has 0 aliphatic carbocycles. The van der Waals surface area contributed by atoms with E-state index in [1.54, 1.807) is 14.0 Å². The van der Waals surface area contributed by atoms with Crippen LogP contribution in [-0.2, 0) is 9.63 Å². The number of hydrogen-bond donors (Lipinski definition) is 0. The van der Waals surface area contributed by atoms with Crippen LogP contribution in [0.3, 0.4) is 0 Å². The van der Waals surface area contributed by atoms with Crippen LogP contribution in [0.2, 0.25) is 5.31 Å². The summed E-state index contributed by atoms with van der Waals surface area (Å²) >= 11 is 0. The lowest BCUT2D eigenvalue weighted by atomic mass is 9.64. The predicted molar refractivity (Wildman–Crippen MR) is 48.7 cm³/mol. The summed E-state index contributed by atoms with van der Waals surface area (Å²) in [6.45, 7) is 5.43. The molecule has 0 aromatic carbocycles. The average molecular weight is 169 g/mol. The lowest BCUT2D eigenvalue weighted by molar-refractivity contribution is -0.173. The van der Waals surface area contributed by atoms with Crippen molar-refractivity contribution in [2.75, 3.05) is 14.2 Å². The summed E-state index contributed by atoms with van der Waals surface area (Å²) < 4.78 is 0. The highest BCUT2D eigenvalue weighted by Crippen LogP contribution is 2.30. The third-order valence-electron chi connectivity index (χ3n) is 2.07. The molecule has 1 amide bonds. The molecule has 0 N–H and O–H groups in total. The standard InChI is InChI=1S/C8H16BNO2/c1-6(8(2,3)9)7(11)10(4)12-5/h6H,1-5H3. The fourth-order valence-corrected chi connectivity index (χ4v) is 0.681. The van der Waals surface area contributed by atoms with Crippen LogP contribution in [0.4, 0.5) is 0 Å². The van der Waals surface area contributed by atoms with Gasteiger partial charge in [-0.25, -0.2) is 5.06 Å². The molecule has 3 nitrogen and oxygen atoms in total. The quantitative estimate of drug-likeness (QED) is 0.466. The maximum absolute atomic E-state index is 11.4. The van der Waals surface area contributed by atoms with Crippen molar-refractivity contribution in [1.82, 2.24) is 5.06 Å². The highest BCUT2D eigenvalue weighted by atomic mass is 16.7. The summed E-state index contributed by atoms with van der Waals surface area (Å²) in [5, 5.41) is 0.684.